The monoisotopic (exact) mass is 419 g/mol. The summed E-state index contributed by atoms with van der Waals surface area (Å²) in [6.45, 7) is 1.11. The number of fused-ring (bicyclic) bond motifs is 1. The van der Waals surface area contributed by atoms with Gasteiger partial charge in [0.1, 0.15) is 0 Å². The fourth-order valence-corrected chi connectivity index (χ4v) is 3.97. The molecule has 0 saturated heterocycles. The maximum atomic E-state index is 11.7. The van der Waals surface area contributed by atoms with Crippen LogP contribution in [0.4, 0.5) is 0 Å². The molecule has 2 N–H and O–H groups in total. The highest BCUT2D eigenvalue weighted by molar-refractivity contribution is 7.79. The molecule has 3 rings (SSSR count). The average Bonchev–Trinajstić information content (AvgIpc) is 3.02. The van der Waals surface area contributed by atoms with Crippen molar-refractivity contribution in [3.05, 3.63) is 56.7 Å². The number of hydrogen-bond acceptors (Lipinski definition) is 6. The van der Waals surface area contributed by atoms with E-state index in [0.717, 1.165) is 23.6 Å². The summed E-state index contributed by atoms with van der Waals surface area (Å²) in [5, 5.41) is 2.84. The minimum absolute atomic E-state index is 0.0211. The maximum Gasteiger partial charge on any atom is 0.394 e. The summed E-state index contributed by atoms with van der Waals surface area (Å²) < 4.78 is 36.4. The summed E-state index contributed by atoms with van der Waals surface area (Å²) in [5.41, 5.74) is 2.30. The first kappa shape index (κ1) is 20.8. The van der Waals surface area contributed by atoms with Gasteiger partial charge in [0.25, 0.3) is 0 Å². The third kappa shape index (κ3) is 5.76. The van der Waals surface area contributed by atoms with Gasteiger partial charge in [0.05, 0.1) is 19.7 Å². The molecule has 1 aliphatic rings. The van der Waals surface area contributed by atoms with Crippen molar-refractivity contribution in [2.75, 3.05) is 20.2 Å². The molecule has 1 unspecified atom stereocenters. The number of esters is 1. The summed E-state index contributed by atoms with van der Waals surface area (Å²) >= 11 is 8.16. The smallest absolute Gasteiger partial charge is 0.394 e. The molecule has 0 spiro atoms. The minimum atomic E-state index is -4.67. The van der Waals surface area contributed by atoms with Crippen molar-refractivity contribution in [2.45, 2.75) is 12.5 Å². The van der Waals surface area contributed by atoms with Gasteiger partial charge in [-0.15, -0.1) is 11.3 Å². The summed E-state index contributed by atoms with van der Waals surface area (Å²) in [6.07, 6.45) is 0.963. The van der Waals surface area contributed by atoms with Crippen LogP contribution in [-0.4, -0.2) is 48.6 Å². The number of benzene rings is 1. The zero-order valence-electron chi connectivity index (χ0n) is 13.8. The lowest BCUT2D eigenvalue weighted by molar-refractivity contribution is -0.142. The number of thiophene rings is 1. The highest BCUT2D eigenvalue weighted by Gasteiger charge is 2.32. The molecule has 2 aromatic rings. The molecule has 0 saturated carbocycles. The van der Waals surface area contributed by atoms with E-state index >= 15 is 0 Å². The fraction of sp³-hybridized carbons (Fsp3) is 0.312. The first-order chi connectivity index (χ1) is 12.2. The molecule has 1 aromatic heterocycles. The van der Waals surface area contributed by atoms with E-state index in [1.165, 1.54) is 17.6 Å². The van der Waals surface area contributed by atoms with Crippen molar-refractivity contribution in [3.63, 3.8) is 0 Å². The summed E-state index contributed by atoms with van der Waals surface area (Å²) in [7, 11) is -3.24. The standard InChI is InChI=1S/C16H16ClNO2S.H2O4S/c1-20-15(19)10-18-8-6-14-12(7-9-21-14)16(18)11-4-2-3-5-13(11)17;1-5(2,3)4/h2-5,7,9,16H,6,8,10H2,1H3;(H2,1,2,3,4). The molecule has 2 heterocycles. The molecule has 0 bridgehead atoms. The van der Waals surface area contributed by atoms with Crippen molar-refractivity contribution >= 4 is 39.3 Å². The number of carbonyl (C=O) groups is 1. The van der Waals surface area contributed by atoms with Crippen molar-refractivity contribution in [3.8, 4) is 0 Å². The molecule has 1 atom stereocenters. The number of halogens is 1. The predicted molar refractivity (Wildman–Crippen MR) is 99.1 cm³/mol. The van der Waals surface area contributed by atoms with Crippen LogP contribution in [0.1, 0.15) is 22.0 Å². The highest BCUT2D eigenvalue weighted by Crippen LogP contribution is 2.39. The number of ether oxygens (including phenoxy) is 1. The first-order valence-electron chi connectivity index (χ1n) is 7.52. The van der Waals surface area contributed by atoms with Crippen LogP contribution in [0.15, 0.2) is 35.7 Å². The van der Waals surface area contributed by atoms with E-state index in [1.807, 2.05) is 24.3 Å². The summed E-state index contributed by atoms with van der Waals surface area (Å²) in [6, 6.07) is 9.99. The van der Waals surface area contributed by atoms with E-state index in [4.69, 9.17) is 33.9 Å². The van der Waals surface area contributed by atoms with Crippen LogP contribution in [0, 0.1) is 0 Å². The molecule has 10 heteroatoms. The van der Waals surface area contributed by atoms with Crippen LogP contribution in [-0.2, 0) is 26.4 Å². The number of carbonyl (C=O) groups excluding carboxylic acids is 1. The van der Waals surface area contributed by atoms with Crippen molar-refractivity contribution in [1.29, 1.82) is 0 Å². The lowest BCUT2D eigenvalue weighted by atomic mass is 9.93. The van der Waals surface area contributed by atoms with Gasteiger partial charge in [-0.3, -0.25) is 18.8 Å². The highest BCUT2D eigenvalue weighted by atomic mass is 35.5. The van der Waals surface area contributed by atoms with E-state index < -0.39 is 10.4 Å². The Bertz CT molecular complexity index is 859. The van der Waals surface area contributed by atoms with E-state index in [9.17, 15) is 4.79 Å². The lowest BCUT2D eigenvalue weighted by Gasteiger charge is -2.35. The Hall–Kier alpha value is -1.49. The molecule has 142 valence electrons. The molecular weight excluding hydrogens is 402 g/mol. The van der Waals surface area contributed by atoms with Gasteiger partial charge < -0.3 is 4.74 Å². The Morgan fingerprint density at radius 2 is 1.96 bits per heavy atom. The molecule has 7 nitrogen and oxygen atoms in total. The van der Waals surface area contributed by atoms with Gasteiger partial charge in [0.2, 0.25) is 0 Å². The predicted octanol–water partition coefficient (Wildman–Crippen LogP) is 2.87. The Morgan fingerprint density at radius 1 is 1.31 bits per heavy atom. The molecule has 0 amide bonds. The van der Waals surface area contributed by atoms with Crippen molar-refractivity contribution in [1.82, 2.24) is 4.90 Å². The van der Waals surface area contributed by atoms with Gasteiger partial charge >= 0.3 is 16.4 Å². The van der Waals surface area contributed by atoms with Gasteiger partial charge in [-0.25, -0.2) is 0 Å². The van der Waals surface area contributed by atoms with Crippen LogP contribution in [0.5, 0.6) is 0 Å². The van der Waals surface area contributed by atoms with Crippen LogP contribution in [0.25, 0.3) is 0 Å². The summed E-state index contributed by atoms with van der Waals surface area (Å²) in [4.78, 5) is 15.2. The second-order valence-corrected chi connectivity index (χ2v) is 7.77. The zero-order valence-corrected chi connectivity index (χ0v) is 16.2. The third-order valence-corrected chi connectivity index (χ3v) is 5.17. The Balaban J connectivity index is 0.000000431. The molecule has 0 radical (unpaired) electrons. The maximum absolute atomic E-state index is 11.7. The normalized spacial score (nSPS) is 17.0. The van der Waals surface area contributed by atoms with E-state index in [2.05, 4.69) is 16.3 Å². The van der Waals surface area contributed by atoms with Gasteiger partial charge in [0.15, 0.2) is 0 Å². The molecule has 0 aliphatic carbocycles. The molecule has 0 fully saturated rings. The van der Waals surface area contributed by atoms with Gasteiger partial charge in [-0.1, -0.05) is 29.8 Å². The topological polar surface area (TPSA) is 104 Å². The number of rotatable bonds is 3. The minimum Gasteiger partial charge on any atom is -0.468 e. The van der Waals surface area contributed by atoms with Crippen LogP contribution in [0.2, 0.25) is 5.02 Å². The third-order valence-electron chi connectivity index (χ3n) is 3.83. The van der Waals surface area contributed by atoms with Gasteiger partial charge in [-0.05, 0) is 35.1 Å². The number of nitrogens with zero attached hydrogens (tertiary/aromatic N) is 1. The Labute approximate surface area is 160 Å². The molecule has 26 heavy (non-hydrogen) atoms. The summed E-state index contributed by atoms with van der Waals surface area (Å²) in [5.74, 6) is -0.217. The van der Waals surface area contributed by atoms with Crippen molar-refractivity contribution < 1.29 is 27.1 Å². The fourth-order valence-electron chi connectivity index (χ4n) is 2.83. The van der Waals surface area contributed by atoms with Crippen LogP contribution < -0.4 is 0 Å². The second kappa shape index (κ2) is 8.94. The number of hydrogen-bond donors (Lipinski definition) is 2. The SMILES string of the molecule is COC(=O)CN1CCc2sccc2C1c1ccccc1Cl.O=S(=O)(O)O. The molecule has 1 aromatic carbocycles. The zero-order chi connectivity index (χ0) is 19.3. The van der Waals surface area contributed by atoms with E-state index in [-0.39, 0.29) is 18.6 Å². The first-order valence-corrected chi connectivity index (χ1v) is 10.2. The molecule has 1 aliphatic heterocycles. The second-order valence-electron chi connectivity index (χ2n) is 5.47. The van der Waals surface area contributed by atoms with Gasteiger partial charge in [-0.2, -0.15) is 8.42 Å². The van der Waals surface area contributed by atoms with E-state index in [1.54, 1.807) is 11.3 Å². The van der Waals surface area contributed by atoms with Crippen molar-refractivity contribution in [2.24, 2.45) is 0 Å². The number of methoxy groups -OCH3 is 1. The Kier molecular flexibility index (Phi) is 7.16. The van der Waals surface area contributed by atoms with Gasteiger partial charge in [0, 0.05) is 16.4 Å². The quantitative estimate of drug-likeness (QED) is 0.582. The Morgan fingerprint density at radius 3 is 2.58 bits per heavy atom. The largest absolute Gasteiger partial charge is 0.468 e. The lowest BCUT2D eigenvalue weighted by Crippen LogP contribution is -2.39. The average molecular weight is 420 g/mol. The van der Waals surface area contributed by atoms with E-state index in [0.29, 0.717) is 0 Å². The van der Waals surface area contributed by atoms with Crippen LogP contribution >= 0.6 is 22.9 Å². The molecular formula is C16H18ClNO6S2. The van der Waals surface area contributed by atoms with Crippen LogP contribution in [0.3, 0.4) is 0 Å².